The lowest BCUT2D eigenvalue weighted by Crippen LogP contribution is -2.35. The number of aromatic amines is 1. The van der Waals surface area contributed by atoms with Crippen molar-refractivity contribution in [2.75, 3.05) is 25.5 Å². The van der Waals surface area contributed by atoms with Gasteiger partial charge in [-0.3, -0.25) is 14.7 Å². The van der Waals surface area contributed by atoms with Gasteiger partial charge in [-0.15, -0.1) is 0 Å². The standard InChI is InChI=1S/C21H23N3O4/c1-28-15-6-4-5-13(11-15)18(24-9-2-3-10-24)21(27)22-14-7-8-16-17(12-14)20(26)23-19(16)25/h4-8,11-12,18,23,25-26H,2-3,9-10H2,1H3,(H,22,27). The van der Waals surface area contributed by atoms with Gasteiger partial charge < -0.3 is 20.3 Å². The number of likely N-dealkylation sites (tertiary alicyclic amines) is 1. The van der Waals surface area contributed by atoms with E-state index in [4.69, 9.17) is 4.74 Å². The highest BCUT2D eigenvalue weighted by molar-refractivity contribution is 6.00. The first-order valence-electron chi connectivity index (χ1n) is 9.29. The number of H-pyrrole nitrogens is 1. The largest absolute Gasteiger partial charge is 0.497 e. The van der Waals surface area contributed by atoms with Gasteiger partial charge in [0.2, 0.25) is 5.91 Å². The molecule has 0 aliphatic carbocycles. The summed E-state index contributed by atoms with van der Waals surface area (Å²) in [4.78, 5) is 17.9. The van der Waals surface area contributed by atoms with Crippen LogP contribution < -0.4 is 10.1 Å². The van der Waals surface area contributed by atoms with Gasteiger partial charge in [-0.25, -0.2) is 0 Å². The van der Waals surface area contributed by atoms with Gasteiger partial charge in [0.25, 0.3) is 0 Å². The first-order valence-corrected chi connectivity index (χ1v) is 9.29. The molecule has 1 fully saturated rings. The second-order valence-electron chi connectivity index (χ2n) is 6.99. The lowest BCUT2D eigenvalue weighted by Gasteiger charge is -2.27. The fourth-order valence-electron chi connectivity index (χ4n) is 3.82. The molecule has 1 atom stereocenters. The molecule has 0 saturated carbocycles. The number of carbonyl (C=O) groups excluding carboxylic acids is 1. The molecule has 0 bridgehead atoms. The van der Waals surface area contributed by atoms with Gasteiger partial charge in [-0.2, -0.15) is 0 Å². The minimum atomic E-state index is -0.429. The van der Waals surface area contributed by atoms with E-state index in [0.717, 1.165) is 31.5 Å². The van der Waals surface area contributed by atoms with Crippen LogP contribution in [0.1, 0.15) is 24.4 Å². The molecule has 1 amide bonds. The Bertz CT molecular complexity index is 1010. The summed E-state index contributed by atoms with van der Waals surface area (Å²) in [6.07, 6.45) is 2.13. The summed E-state index contributed by atoms with van der Waals surface area (Å²) >= 11 is 0. The topological polar surface area (TPSA) is 97.8 Å². The number of nitrogens with one attached hydrogen (secondary N) is 2. The summed E-state index contributed by atoms with van der Waals surface area (Å²) in [5.74, 6) is 0.335. The number of ether oxygens (including phenoxy) is 1. The van der Waals surface area contributed by atoms with Crippen molar-refractivity contribution in [2.24, 2.45) is 0 Å². The molecule has 1 aromatic heterocycles. The molecule has 1 unspecified atom stereocenters. The van der Waals surface area contributed by atoms with E-state index in [1.165, 1.54) is 0 Å². The fraction of sp³-hybridized carbons (Fsp3) is 0.286. The maximum Gasteiger partial charge on any atom is 0.246 e. The van der Waals surface area contributed by atoms with Crippen LogP contribution in [0.5, 0.6) is 17.5 Å². The Labute approximate surface area is 162 Å². The summed E-state index contributed by atoms with van der Waals surface area (Å²) in [5, 5.41) is 23.6. The number of aromatic hydroxyl groups is 2. The first kappa shape index (κ1) is 18.2. The lowest BCUT2D eigenvalue weighted by atomic mass is 10.0. The SMILES string of the molecule is COc1cccc(C(C(=O)Nc2ccc3c(O)[nH]c(O)c3c2)N2CCCC2)c1. The van der Waals surface area contributed by atoms with E-state index in [1.807, 2.05) is 24.3 Å². The molecule has 0 radical (unpaired) electrons. The Kier molecular flexibility index (Phi) is 4.83. The second-order valence-corrected chi connectivity index (χ2v) is 6.99. The summed E-state index contributed by atoms with van der Waals surface area (Å²) in [5.41, 5.74) is 1.43. The normalized spacial score (nSPS) is 15.6. The van der Waals surface area contributed by atoms with Crippen molar-refractivity contribution in [2.45, 2.75) is 18.9 Å². The number of rotatable bonds is 5. The van der Waals surface area contributed by atoms with E-state index >= 15 is 0 Å². The number of nitrogens with zero attached hydrogens (tertiary/aromatic N) is 1. The van der Waals surface area contributed by atoms with E-state index in [-0.39, 0.29) is 17.7 Å². The second kappa shape index (κ2) is 7.44. The maximum atomic E-state index is 13.2. The van der Waals surface area contributed by atoms with Gasteiger partial charge in [0.1, 0.15) is 11.8 Å². The molecule has 1 aliphatic rings. The molecule has 7 heteroatoms. The van der Waals surface area contributed by atoms with Gasteiger partial charge in [-0.05, 0) is 61.8 Å². The van der Waals surface area contributed by atoms with Crippen LogP contribution in [0.15, 0.2) is 42.5 Å². The first-order chi connectivity index (χ1) is 13.6. The van der Waals surface area contributed by atoms with Crippen LogP contribution in [0.25, 0.3) is 10.8 Å². The molecule has 1 saturated heterocycles. The third-order valence-corrected chi connectivity index (χ3v) is 5.20. The van der Waals surface area contributed by atoms with Crippen molar-refractivity contribution >= 4 is 22.4 Å². The summed E-state index contributed by atoms with van der Waals surface area (Å²) in [7, 11) is 1.61. The van der Waals surface area contributed by atoms with Gasteiger partial charge in [-0.1, -0.05) is 12.1 Å². The molecule has 4 rings (SSSR count). The minimum Gasteiger partial charge on any atom is -0.497 e. The molecule has 2 heterocycles. The van der Waals surface area contributed by atoms with Crippen molar-refractivity contribution in [1.29, 1.82) is 0 Å². The van der Waals surface area contributed by atoms with Crippen LogP contribution in [0.4, 0.5) is 5.69 Å². The summed E-state index contributed by atoms with van der Waals surface area (Å²) in [6, 6.07) is 12.2. The molecular weight excluding hydrogens is 358 g/mol. The Morgan fingerprint density at radius 1 is 1.11 bits per heavy atom. The average Bonchev–Trinajstić information content (AvgIpc) is 3.31. The van der Waals surface area contributed by atoms with Crippen molar-refractivity contribution in [1.82, 2.24) is 9.88 Å². The smallest absolute Gasteiger partial charge is 0.246 e. The van der Waals surface area contributed by atoms with Gasteiger partial charge in [0.15, 0.2) is 11.8 Å². The van der Waals surface area contributed by atoms with Crippen LogP contribution in [0, 0.1) is 0 Å². The number of fused-ring (bicyclic) bond motifs is 1. The molecule has 1 aliphatic heterocycles. The maximum absolute atomic E-state index is 13.2. The monoisotopic (exact) mass is 381 g/mol. The highest BCUT2D eigenvalue weighted by atomic mass is 16.5. The number of carbonyl (C=O) groups is 1. The van der Waals surface area contributed by atoms with Crippen molar-refractivity contribution < 1.29 is 19.7 Å². The zero-order valence-corrected chi connectivity index (χ0v) is 15.6. The number of aromatic nitrogens is 1. The Balaban J connectivity index is 1.64. The summed E-state index contributed by atoms with van der Waals surface area (Å²) < 4.78 is 5.32. The van der Waals surface area contributed by atoms with Crippen molar-refractivity contribution in [3.8, 4) is 17.5 Å². The molecule has 3 aromatic rings. The van der Waals surface area contributed by atoms with E-state index in [9.17, 15) is 15.0 Å². The van der Waals surface area contributed by atoms with Crippen LogP contribution in [0.2, 0.25) is 0 Å². The quantitative estimate of drug-likeness (QED) is 0.543. The van der Waals surface area contributed by atoms with Crippen LogP contribution in [-0.2, 0) is 4.79 Å². The van der Waals surface area contributed by atoms with E-state index in [2.05, 4.69) is 15.2 Å². The number of hydrogen-bond acceptors (Lipinski definition) is 5. The zero-order chi connectivity index (χ0) is 19.7. The van der Waals surface area contributed by atoms with E-state index in [0.29, 0.717) is 22.2 Å². The molecule has 7 nitrogen and oxygen atoms in total. The van der Waals surface area contributed by atoms with Gasteiger partial charge in [0.05, 0.1) is 7.11 Å². The van der Waals surface area contributed by atoms with Crippen molar-refractivity contribution in [3.63, 3.8) is 0 Å². The predicted octanol–water partition coefficient (Wildman–Crippen LogP) is 3.36. The zero-order valence-electron chi connectivity index (χ0n) is 15.6. The Morgan fingerprint density at radius 2 is 1.86 bits per heavy atom. The lowest BCUT2D eigenvalue weighted by molar-refractivity contribution is -0.121. The van der Waals surface area contributed by atoms with E-state index in [1.54, 1.807) is 25.3 Å². The highest BCUT2D eigenvalue weighted by Crippen LogP contribution is 2.34. The number of hydrogen-bond donors (Lipinski definition) is 4. The molecule has 28 heavy (non-hydrogen) atoms. The minimum absolute atomic E-state index is 0.100. The number of anilines is 1. The van der Waals surface area contributed by atoms with Gasteiger partial charge >= 0.3 is 0 Å². The summed E-state index contributed by atoms with van der Waals surface area (Å²) in [6.45, 7) is 1.72. The Morgan fingerprint density at radius 3 is 2.61 bits per heavy atom. The third-order valence-electron chi connectivity index (χ3n) is 5.20. The average molecular weight is 381 g/mol. The highest BCUT2D eigenvalue weighted by Gasteiger charge is 2.30. The van der Waals surface area contributed by atoms with Crippen molar-refractivity contribution in [3.05, 3.63) is 48.0 Å². The molecule has 146 valence electrons. The van der Waals surface area contributed by atoms with Crippen LogP contribution in [0.3, 0.4) is 0 Å². The number of methoxy groups -OCH3 is 1. The van der Waals surface area contributed by atoms with Gasteiger partial charge in [0, 0.05) is 16.5 Å². The van der Waals surface area contributed by atoms with E-state index < -0.39 is 6.04 Å². The molecule has 4 N–H and O–H groups in total. The third kappa shape index (κ3) is 3.36. The molecule has 2 aromatic carbocycles. The number of benzene rings is 2. The van der Waals surface area contributed by atoms with Crippen LogP contribution in [-0.4, -0.2) is 46.2 Å². The fourth-order valence-corrected chi connectivity index (χ4v) is 3.82. The Hall–Kier alpha value is -3.19. The number of amides is 1. The molecular formula is C21H23N3O4. The molecule has 0 spiro atoms. The predicted molar refractivity (Wildman–Crippen MR) is 107 cm³/mol. The van der Waals surface area contributed by atoms with Crippen LogP contribution >= 0.6 is 0 Å².